The zero-order valence-electron chi connectivity index (χ0n) is 7.88. The molecule has 0 atom stereocenters. The monoisotopic (exact) mass is 214 g/mol. The molecular weight excluding hydrogens is 206 g/mol. The van der Waals surface area contributed by atoms with E-state index in [1.165, 1.54) is 7.11 Å². The van der Waals surface area contributed by atoms with Crippen LogP contribution in [0, 0.1) is 11.3 Å². The van der Waals surface area contributed by atoms with Gasteiger partial charge in [0.2, 0.25) is 0 Å². The molecule has 80 valence electrons. The van der Waals surface area contributed by atoms with Crippen molar-refractivity contribution in [2.45, 2.75) is 12.8 Å². The molecule has 0 fully saturated rings. The first-order valence-corrected chi connectivity index (χ1v) is 4.05. The highest BCUT2D eigenvalue weighted by atomic mass is 19.3. The minimum absolute atomic E-state index is 0.0893. The molecule has 0 radical (unpaired) electrons. The Morgan fingerprint density at radius 3 is 2.80 bits per heavy atom. The van der Waals surface area contributed by atoms with Gasteiger partial charge in [0.15, 0.2) is 0 Å². The number of alkyl halides is 2. The molecule has 0 saturated carbocycles. The number of hydrogen-bond acceptors (Lipinski definition) is 3. The molecule has 1 aromatic rings. The zero-order chi connectivity index (χ0) is 11.4. The summed E-state index contributed by atoms with van der Waals surface area (Å²) in [4.78, 5) is 13.3. The van der Waals surface area contributed by atoms with Crippen LogP contribution in [0.1, 0.15) is 17.7 Å². The van der Waals surface area contributed by atoms with Gasteiger partial charge >= 0.3 is 0 Å². The summed E-state index contributed by atoms with van der Waals surface area (Å²) in [5.74, 6) is 0.0893. The number of aromatic amines is 1. The third kappa shape index (κ3) is 2.31. The maximum absolute atomic E-state index is 12.3. The van der Waals surface area contributed by atoms with Crippen LogP contribution in [0.25, 0.3) is 0 Å². The maximum atomic E-state index is 12.3. The molecule has 0 aliphatic rings. The van der Waals surface area contributed by atoms with Crippen LogP contribution in [0.5, 0.6) is 5.75 Å². The van der Waals surface area contributed by atoms with Gasteiger partial charge in [0, 0.05) is 0 Å². The number of ether oxygens (including phenoxy) is 1. The second kappa shape index (κ2) is 4.55. The Hall–Kier alpha value is -1.90. The van der Waals surface area contributed by atoms with Crippen molar-refractivity contribution < 1.29 is 13.5 Å². The van der Waals surface area contributed by atoms with Gasteiger partial charge in [-0.3, -0.25) is 4.79 Å². The molecular formula is C9H8F2N2O2. The fraction of sp³-hybridized carbons (Fsp3) is 0.333. The van der Waals surface area contributed by atoms with Crippen molar-refractivity contribution in [3.8, 4) is 11.8 Å². The number of methoxy groups -OCH3 is 1. The Labute approximate surface area is 84.1 Å². The van der Waals surface area contributed by atoms with Crippen LogP contribution in [0.4, 0.5) is 8.78 Å². The summed E-state index contributed by atoms with van der Waals surface area (Å²) in [5, 5.41) is 8.43. The predicted octanol–water partition coefficient (Wildman–Crippen LogP) is 1.39. The molecule has 1 rings (SSSR count). The highest BCUT2D eigenvalue weighted by molar-refractivity contribution is 5.33. The predicted molar refractivity (Wildman–Crippen MR) is 47.9 cm³/mol. The molecule has 0 aromatic carbocycles. The normalized spacial score (nSPS) is 10.1. The molecule has 1 heterocycles. The SMILES string of the molecule is COc1cc(C(F)F)c(=O)[nH]c1CC#N. The number of hydrogen-bond donors (Lipinski definition) is 1. The van der Waals surface area contributed by atoms with Crippen LogP contribution in [0.15, 0.2) is 10.9 Å². The third-order valence-electron chi connectivity index (χ3n) is 1.82. The Morgan fingerprint density at radius 1 is 1.67 bits per heavy atom. The maximum Gasteiger partial charge on any atom is 0.269 e. The Kier molecular flexibility index (Phi) is 3.39. The summed E-state index contributed by atoms with van der Waals surface area (Å²) in [7, 11) is 1.28. The number of nitriles is 1. The number of H-pyrrole nitrogens is 1. The Morgan fingerprint density at radius 2 is 2.33 bits per heavy atom. The number of aromatic nitrogens is 1. The summed E-state index contributed by atoms with van der Waals surface area (Å²) in [6.45, 7) is 0. The number of halogens is 2. The van der Waals surface area contributed by atoms with Gasteiger partial charge in [-0.2, -0.15) is 5.26 Å². The van der Waals surface area contributed by atoms with E-state index in [1.807, 2.05) is 0 Å². The molecule has 1 N–H and O–H groups in total. The molecule has 0 spiro atoms. The van der Waals surface area contributed by atoms with Gasteiger partial charge in [-0.1, -0.05) is 0 Å². The van der Waals surface area contributed by atoms with E-state index < -0.39 is 17.5 Å². The lowest BCUT2D eigenvalue weighted by Crippen LogP contribution is -2.15. The van der Waals surface area contributed by atoms with E-state index in [2.05, 4.69) is 4.98 Å². The number of nitrogens with one attached hydrogen (secondary N) is 1. The quantitative estimate of drug-likeness (QED) is 0.826. The number of nitrogens with zero attached hydrogens (tertiary/aromatic N) is 1. The van der Waals surface area contributed by atoms with E-state index in [0.29, 0.717) is 0 Å². The van der Waals surface area contributed by atoms with Crippen LogP contribution in [0.3, 0.4) is 0 Å². The van der Waals surface area contributed by atoms with Crippen molar-refractivity contribution >= 4 is 0 Å². The van der Waals surface area contributed by atoms with Crippen molar-refractivity contribution in [2.75, 3.05) is 7.11 Å². The molecule has 0 aliphatic heterocycles. The lowest BCUT2D eigenvalue weighted by molar-refractivity contribution is 0.149. The summed E-state index contributed by atoms with van der Waals surface area (Å²) in [6.07, 6.45) is -2.96. The van der Waals surface area contributed by atoms with E-state index in [9.17, 15) is 13.6 Å². The molecule has 6 heteroatoms. The fourth-order valence-corrected chi connectivity index (χ4v) is 1.12. The zero-order valence-corrected chi connectivity index (χ0v) is 7.88. The standard InChI is InChI=1S/C9H8F2N2O2/c1-15-7-4-5(8(10)11)9(14)13-6(7)2-3-12/h4,8H,2H2,1H3,(H,13,14). The van der Waals surface area contributed by atoms with E-state index >= 15 is 0 Å². The molecule has 0 amide bonds. The van der Waals surface area contributed by atoms with Gasteiger partial charge in [0.25, 0.3) is 12.0 Å². The second-order valence-electron chi connectivity index (χ2n) is 2.74. The summed E-state index contributed by atoms with van der Waals surface area (Å²) in [6, 6.07) is 2.75. The van der Waals surface area contributed by atoms with Crippen LogP contribution in [-0.2, 0) is 6.42 Å². The van der Waals surface area contributed by atoms with Gasteiger partial charge < -0.3 is 9.72 Å². The van der Waals surface area contributed by atoms with E-state index in [0.717, 1.165) is 6.07 Å². The highest BCUT2D eigenvalue weighted by Crippen LogP contribution is 2.21. The molecule has 0 aliphatic carbocycles. The van der Waals surface area contributed by atoms with Crippen LogP contribution >= 0.6 is 0 Å². The van der Waals surface area contributed by atoms with Crippen LogP contribution in [0.2, 0.25) is 0 Å². The average molecular weight is 214 g/mol. The Balaban J connectivity index is 3.30. The van der Waals surface area contributed by atoms with Gasteiger partial charge in [-0.15, -0.1) is 0 Å². The minimum atomic E-state index is -2.86. The molecule has 4 nitrogen and oxygen atoms in total. The summed E-state index contributed by atoms with van der Waals surface area (Å²) < 4.78 is 29.4. The second-order valence-corrected chi connectivity index (χ2v) is 2.74. The van der Waals surface area contributed by atoms with Crippen molar-refractivity contribution in [1.29, 1.82) is 5.26 Å². The van der Waals surface area contributed by atoms with Gasteiger partial charge in [0.1, 0.15) is 5.75 Å². The summed E-state index contributed by atoms with van der Waals surface area (Å²) >= 11 is 0. The third-order valence-corrected chi connectivity index (χ3v) is 1.82. The molecule has 15 heavy (non-hydrogen) atoms. The summed E-state index contributed by atoms with van der Waals surface area (Å²) in [5.41, 5.74) is -1.35. The van der Waals surface area contributed by atoms with Gasteiger partial charge in [0.05, 0.1) is 30.9 Å². The average Bonchev–Trinajstić information content (AvgIpc) is 2.18. The van der Waals surface area contributed by atoms with Crippen molar-refractivity contribution in [3.05, 3.63) is 27.7 Å². The minimum Gasteiger partial charge on any atom is -0.495 e. The van der Waals surface area contributed by atoms with Crippen LogP contribution < -0.4 is 10.3 Å². The Bertz CT molecular complexity index is 448. The first-order valence-electron chi connectivity index (χ1n) is 4.05. The fourth-order valence-electron chi connectivity index (χ4n) is 1.12. The van der Waals surface area contributed by atoms with Crippen molar-refractivity contribution in [2.24, 2.45) is 0 Å². The first-order chi connectivity index (χ1) is 7.10. The van der Waals surface area contributed by atoms with E-state index in [1.54, 1.807) is 6.07 Å². The van der Waals surface area contributed by atoms with Crippen molar-refractivity contribution in [3.63, 3.8) is 0 Å². The smallest absolute Gasteiger partial charge is 0.269 e. The number of pyridine rings is 1. The topological polar surface area (TPSA) is 65.9 Å². The van der Waals surface area contributed by atoms with E-state index in [4.69, 9.17) is 10.00 Å². The van der Waals surface area contributed by atoms with Gasteiger partial charge in [-0.05, 0) is 6.07 Å². The number of rotatable bonds is 3. The lowest BCUT2D eigenvalue weighted by atomic mass is 10.2. The molecule has 1 aromatic heterocycles. The molecule has 0 saturated heterocycles. The largest absolute Gasteiger partial charge is 0.495 e. The van der Waals surface area contributed by atoms with Gasteiger partial charge in [-0.25, -0.2) is 8.78 Å². The highest BCUT2D eigenvalue weighted by Gasteiger charge is 2.16. The van der Waals surface area contributed by atoms with Crippen LogP contribution in [-0.4, -0.2) is 12.1 Å². The van der Waals surface area contributed by atoms with E-state index in [-0.39, 0.29) is 17.9 Å². The molecule has 0 unspecified atom stereocenters. The lowest BCUT2D eigenvalue weighted by Gasteiger charge is -2.07. The van der Waals surface area contributed by atoms with Crippen molar-refractivity contribution in [1.82, 2.24) is 4.98 Å². The molecule has 0 bridgehead atoms. The first kappa shape index (κ1) is 11.2.